The van der Waals surface area contributed by atoms with Crippen LogP contribution in [-0.2, 0) is 16.0 Å². The molecule has 1 aromatic carbocycles. The van der Waals surface area contributed by atoms with Gasteiger partial charge in [0, 0.05) is 6.42 Å². The van der Waals surface area contributed by atoms with Crippen molar-refractivity contribution in [2.45, 2.75) is 62.6 Å². The third-order valence-electron chi connectivity index (χ3n) is 6.05. The highest BCUT2D eigenvalue weighted by molar-refractivity contribution is 5.81. The molecule has 0 aromatic heterocycles. The number of carbonyl (C=O) groups is 1. The monoisotopic (exact) mass is 381 g/mol. The molecule has 4 nitrogen and oxygen atoms in total. The van der Waals surface area contributed by atoms with Gasteiger partial charge < -0.3 is 9.84 Å². The second kappa shape index (κ2) is 9.41. The summed E-state index contributed by atoms with van der Waals surface area (Å²) in [6.07, 6.45) is 15.6. The number of carbonyl (C=O) groups excluding carboxylic acids is 1. The van der Waals surface area contributed by atoms with Crippen molar-refractivity contribution in [3.63, 3.8) is 0 Å². The number of esters is 1. The molecule has 0 unspecified atom stereocenters. The van der Waals surface area contributed by atoms with Crippen molar-refractivity contribution in [1.82, 2.24) is 4.90 Å². The number of ether oxygens (including phenoxy) is 1. The highest BCUT2D eigenvalue weighted by atomic mass is 16.5. The lowest BCUT2D eigenvalue weighted by atomic mass is 9.89. The first kappa shape index (κ1) is 20.6. The number of allylic oxidation sites excluding steroid dienone is 1. The maximum atomic E-state index is 12.8. The molecule has 0 heterocycles. The van der Waals surface area contributed by atoms with Gasteiger partial charge in [-0.2, -0.15) is 0 Å². The Morgan fingerprint density at radius 1 is 1.36 bits per heavy atom. The molecular weight excluding hydrogens is 350 g/mol. The Bertz CT molecular complexity index is 711. The summed E-state index contributed by atoms with van der Waals surface area (Å²) >= 11 is 0. The van der Waals surface area contributed by atoms with Crippen molar-refractivity contribution in [3.05, 3.63) is 48.0 Å². The summed E-state index contributed by atoms with van der Waals surface area (Å²) in [5, 5.41) is 11.2. The lowest BCUT2D eigenvalue weighted by molar-refractivity contribution is -0.157. The molecular formula is C24H31NO3. The van der Waals surface area contributed by atoms with Gasteiger partial charge in [-0.15, -0.1) is 6.42 Å². The Morgan fingerprint density at radius 2 is 2.04 bits per heavy atom. The molecule has 1 N–H and O–H groups in total. The van der Waals surface area contributed by atoms with E-state index in [2.05, 4.69) is 18.1 Å². The van der Waals surface area contributed by atoms with E-state index in [1.807, 2.05) is 35.2 Å². The summed E-state index contributed by atoms with van der Waals surface area (Å²) in [6.45, 7) is 0.306. The van der Waals surface area contributed by atoms with Gasteiger partial charge in [0.2, 0.25) is 0 Å². The summed E-state index contributed by atoms with van der Waals surface area (Å²) in [6, 6.07) is 9.63. The summed E-state index contributed by atoms with van der Waals surface area (Å²) in [5.41, 5.74) is 0.316. The van der Waals surface area contributed by atoms with Crippen molar-refractivity contribution in [1.29, 1.82) is 0 Å². The van der Waals surface area contributed by atoms with Gasteiger partial charge in [0.1, 0.15) is 5.54 Å². The minimum atomic E-state index is -0.753. The van der Waals surface area contributed by atoms with Gasteiger partial charge in [-0.05, 0) is 37.2 Å². The third kappa shape index (κ3) is 4.66. The van der Waals surface area contributed by atoms with Gasteiger partial charge in [0.25, 0.3) is 0 Å². The van der Waals surface area contributed by atoms with Crippen LogP contribution in [0.2, 0.25) is 0 Å². The number of aliphatic hydroxyl groups excluding tert-OH is 1. The molecule has 150 valence electrons. The zero-order valence-corrected chi connectivity index (χ0v) is 16.7. The minimum absolute atomic E-state index is 0.239. The van der Waals surface area contributed by atoms with Crippen LogP contribution in [0.15, 0.2) is 42.5 Å². The van der Waals surface area contributed by atoms with Gasteiger partial charge in [0.05, 0.1) is 25.8 Å². The minimum Gasteiger partial charge on any atom is -0.468 e. The predicted molar refractivity (Wildman–Crippen MR) is 111 cm³/mol. The molecule has 0 radical (unpaired) electrons. The van der Waals surface area contributed by atoms with Crippen LogP contribution in [0.25, 0.3) is 0 Å². The molecule has 0 saturated heterocycles. The van der Waals surface area contributed by atoms with Gasteiger partial charge in [-0.1, -0.05) is 61.2 Å². The quantitative estimate of drug-likeness (QED) is 0.405. The molecule has 4 heteroatoms. The van der Waals surface area contributed by atoms with Crippen LogP contribution in [0.5, 0.6) is 0 Å². The fourth-order valence-corrected chi connectivity index (χ4v) is 4.37. The lowest BCUT2D eigenvalue weighted by Crippen LogP contribution is -2.60. The third-order valence-corrected chi connectivity index (χ3v) is 6.05. The second-order valence-corrected chi connectivity index (χ2v) is 8.03. The number of rotatable bonds is 9. The molecule has 2 atom stereocenters. The van der Waals surface area contributed by atoms with Crippen LogP contribution in [0.4, 0.5) is 0 Å². The molecule has 0 aliphatic heterocycles. The van der Waals surface area contributed by atoms with E-state index in [0.29, 0.717) is 31.7 Å². The maximum Gasteiger partial charge on any atom is 0.326 e. The van der Waals surface area contributed by atoms with Crippen molar-refractivity contribution < 1.29 is 14.6 Å². The van der Waals surface area contributed by atoms with Gasteiger partial charge in [-0.25, -0.2) is 0 Å². The van der Waals surface area contributed by atoms with Crippen molar-refractivity contribution in [3.8, 4) is 12.3 Å². The average Bonchev–Trinajstić information content (AvgIpc) is 3.41. The molecule has 3 rings (SSSR count). The first-order valence-electron chi connectivity index (χ1n) is 10.3. The standard InChI is InChI=1S/C24H31NO3/c1-3-17-25(24(23(27)28-2)15-7-8-16-24)21(14-13-19-11-12-19)22(26)18-20-9-5-4-6-10-20/h1,4-6,9-10,13-14,19,21-22,26H,7-8,11-12,15-18H2,2H3/b14-13+/t21-,22+/m1/s1. The van der Waals surface area contributed by atoms with Crippen molar-refractivity contribution >= 4 is 5.97 Å². The number of hydrogen-bond donors (Lipinski definition) is 1. The summed E-state index contributed by atoms with van der Waals surface area (Å²) in [7, 11) is 1.44. The molecule has 1 aromatic rings. The molecule has 2 aliphatic rings. The van der Waals surface area contributed by atoms with E-state index in [9.17, 15) is 9.90 Å². The largest absolute Gasteiger partial charge is 0.468 e. The number of terminal acetylenes is 1. The predicted octanol–water partition coefficient (Wildman–Crippen LogP) is 3.35. The maximum absolute atomic E-state index is 12.8. The Labute approximate surface area is 168 Å². The Balaban J connectivity index is 1.92. The summed E-state index contributed by atoms with van der Waals surface area (Å²) < 4.78 is 5.20. The van der Waals surface area contributed by atoms with E-state index in [-0.39, 0.29) is 12.0 Å². The Morgan fingerprint density at radius 3 is 2.61 bits per heavy atom. The Hall–Kier alpha value is -2.09. The molecule has 2 saturated carbocycles. The molecule has 2 aliphatic carbocycles. The van der Waals surface area contributed by atoms with Gasteiger partial charge in [-0.3, -0.25) is 9.69 Å². The molecule has 2 fully saturated rings. The first-order valence-corrected chi connectivity index (χ1v) is 10.3. The highest BCUT2D eigenvalue weighted by Gasteiger charge is 2.50. The van der Waals surface area contributed by atoms with E-state index in [4.69, 9.17) is 11.2 Å². The van der Waals surface area contributed by atoms with Crippen LogP contribution in [0.3, 0.4) is 0 Å². The van der Waals surface area contributed by atoms with Crippen LogP contribution in [-0.4, -0.2) is 47.3 Å². The van der Waals surface area contributed by atoms with Gasteiger partial charge in [0.15, 0.2) is 0 Å². The normalized spacial score (nSPS) is 20.8. The number of aliphatic hydroxyl groups is 1. The second-order valence-electron chi connectivity index (χ2n) is 8.03. The van der Waals surface area contributed by atoms with E-state index in [1.54, 1.807) is 0 Å². The molecule has 0 amide bonds. The van der Waals surface area contributed by atoms with Crippen molar-refractivity contribution in [2.24, 2.45) is 5.92 Å². The van der Waals surface area contributed by atoms with Gasteiger partial charge >= 0.3 is 5.97 Å². The summed E-state index contributed by atoms with van der Waals surface area (Å²) in [5.74, 6) is 3.07. The smallest absolute Gasteiger partial charge is 0.326 e. The van der Waals surface area contributed by atoms with Crippen molar-refractivity contribution in [2.75, 3.05) is 13.7 Å². The highest BCUT2D eigenvalue weighted by Crippen LogP contribution is 2.39. The Kier molecular flexibility index (Phi) is 6.93. The molecule has 0 bridgehead atoms. The average molecular weight is 382 g/mol. The number of benzene rings is 1. The van der Waals surface area contributed by atoms with E-state index in [1.165, 1.54) is 20.0 Å². The SMILES string of the molecule is C#CCN([C@H](/C=C/C1CC1)[C@@H](O)Cc1ccccc1)C1(C(=O)OC)CCCC1. The zero-order valence-electron chi connectivity index (χ0n) is 16.7. The summed E-state index contributed by atoms with van der Waals surface area (Å²) in [4.78, 5) is 14.9. The van der Waals surface area contributed by atoms with Crippen LogP contribution in [0, 0.1) is 18.3 Å². The lowest BCUT2D eigenvalue weighted by Gasteiger charge is -2.43. The molecule has 0 spiro atoms. The number of methoxy groups -OCH3 is 1. The van der Waals surface area contributed by atoms with E-state index in [0.717, 1.165) is 18.4 Å². The fraction of sp³-hybridized carbons (Fsp3) is 0.542. The van der Waals surface area contributed by atoms with E-state index >= 15 is 0 Å². The number of nitrogens with zero attached hydrogens (tertiary/aromatic N) is 1. The van der Waals surface area contributed by atoms with Crippen LogP contribution >= 0.6 is 0 Å². The number of hydrogen-bond acceptors (Lipinski definition) is 4. The zero-order chi connectivity index (χ0) is 20.0. The van der Waals surface area contributed by atoms with Crippen LogP contribution < -0.4 is 0 Å². The first-order chi connectivity index (χ1) is 13.6. The fourth-order valence-electron chi connectivity index (χ4n) is 4.37. The topological polar surface area (TPSA) is 49.8 Å². The van der Waals surface area contributed by atoms with Crippen LogP contribution in [0.1, 0.15) is 44.1 Å². The van der Waals surface area contributed by atoms with E-state index < -0.39 is 11.6 Å². The molecule has 28 heavy (non-hydrogen) atoms.